The standard InChI is InChI=1S/C11H11BrF3N5O/c1-5-9(10(19-18-5)11(13,14)15)17-8(21)4-20-6(2)7(12)3-16-20/h3H,4H2,1-2H3,(H,17,21)(H,18,19). The number of amides is 1. The van der Waals surface area contributed by atoms with E-state index in [1.165, 1.54) is 17.8 Å². The van der Waals surface area contributed by atoms with Crippen LogP contribution in [0.3, 0.4) is 0 Å². The summed E-state index contributed by atoms with van der Waals surface area (Å²) < 4.78 is 40.3. The van der Waals surface area contributed by atoms with E-state index in [2.05, 4.69) is 36.5 Å². The van der Waals surface area contributed by atoms with Crippen LogP contribution in [0.15, 0.2) is 10.7 Å². The van der Waals surface area contributed by atoms with Gasteiger partial charge in [0.25, 0.3) is 0 Å². The Bertz CT molecular complexity index is 676. The zero-order valence-corrected chi connectivity index (χ0v) is 12.6. The summed E-state index contributed by atoms with van der Waals surface area (Å²) in [6, 6.07) is 0. The molecule has 2 aromatic heterocycles. The summed E-state index contributed by atoms with van der Waals surface area (Å²) in [6.07, 6.45) is -3.13. The summed E-state index contributed by atoms with van der Waals surface area (Å²) >= 11 is 3.24. The molecule has 0 saturated heterocycles. The van der Waals surface area contributed by atoms with Crippen LogP contribution in [0.25, 0.3) is 0 Å². The van der Waals surface area contributed by atoms with Crippen molar-refractivity contribution in [1.29, 1.82) is 0 Å². The normalized spacial score (nSPS) is 11.7. The average Bonchev–Trinajstić information content (AvgIpc) is 2.87. The summed E-state index contributed by atoms with van der Waals surface area (Å²) in [5, 5.41) is 11.6. The van der Waals surface area contributed by atoms with E-state index in [-0.39, 0.29) is 17.9 Å². The number of H-pyrrole nitrogens is 1. The number of aromatic amines is 1. The molecular weight excluding hydrogens is 355 g/mol. The van der Waals surface area contributed by atoms with Crippen LogP contribution in [-0.4, -0.2) is 25.9 Å². The number of carbonyl (C=O) groups is 1. The van der Waals surface area contributed by atoms with Crippen molar-refractivity contribution in [1.82, 2.24) is 20.0 Å². The lowest BCUT2D eigenvalue weighted by Crippen LogP contribution is -2.22. The summed E-state index contributed by atoms with van der Waals surface area (Å²) in [5.41, 5.74) is -0.678. The molecule has 10 heteroatoms. The third-order valence-electron chi connectivity index (χ3n) is 2.82. The second-order valence-corrected chi connectivity index (χ2v) is 5.21. The molecule has 0 radical (unpaired) electrons. The summed E-state index contributed by atoms with van der Waals surface area (Å²) in [6.45, 7) is 2.93. The second-order valence-electron chi connectivity index (χ2n) is 4.35. The van der Waals surface area contributed by atoms with Gasteiger partial charge in [-0.25, -0.2) is 0 Å². The van der Waals surface area contributed by atoms with E-state index in [0.29, 0.717) is 10.2 Å². The van der Waals surface area contributed by atoms with Gasteiger partial charge in [-0.1, -0.05) is 0 Å². The maximum atomic E-state index is 12.7. The Morgan fingerprint density at radius 3 is 2.67 bits per heavy atom. The number of rotatable bonds is 3. The topological polar surface area (TPSA) is 75.6 Å². The molecule has 2 heterocycles. The van der Waals surface area contributed by atoms with Crippen LogP contribution in [0.4, 0.5) is 18.9 Å². The lowest BCUT2D eigenvalue weighted by atomic mass is 10.3. The fraction of sp³-hybridized carbons (Fsp3) is 0.364. The zero-order chi connectivity index (χ0) is 15.8. The van der Waals surface area contributed by atoms with Crippen molar-refractivity contribution in [3.8, 4) is 0 Å². The molecule has 6 nitrogen and oxygen atoms in total. The summed E-state index contributed by atoms with van der Waals surface area (Å²) in [7, 11) is 0. The van der Waals surface area contributed by atoms with Crippen LogP contribution >= 0.6 is 15.9 Å². The Morgan fingerprint density at radius 1 is 1.48 bits per heavy atom. The molecule has 2 N–H and O–H groups in total. The van der Waals surface area contributed by atoms with Crippen molar-refractivity contribution in [2.45, 2.75) is 26.6 Å². The number of aromatic nitrogens is 4. The van der Waals surface area contributed by atoms with Crippen LogP contribution < -0.4 is 5.32 Å². The van der Waals surface area contributed by atoms with Crippen LogP contribution in [0.5, 0.6) is 0 Å². The molecule has 2 rings (SSSR count). The molecular formula is C11H11BrF3N5O. The van der Waals surface area contributed by atoms with Crippen molar-refractivity contribution >= 4 is 27.5 Å². The van der Waals surface area contributed by atoms with E-state index in [0.717, 1.165) is 0 Å². The van der Waals surface area contributed by atoms with Crippen LogP contribution in [0.2, 0.25) is 0 Å². The first-order chi connectivity index (χ1) is 9.70. The van der Waals surface area contributed by atoms with E-state index >= 15 is 0 Å². The Morgan fingerprint density at radius 2 is 2.14 bits per heavy atom. The highest BCUT2D eigenvalue weighted by atomic mass is 79.9. The summed E-state index contributed by atoms with van der Waals surface area (Å²) in [5.74, 6) is -0.622. The predicted octanol–water partition coefficient (Wildman–Crippen LogP) is 2.64. The Labute approximate surface area is 125 Å². The van der Waals surface area contributed by atoms with Gasteiger partial charge in [-0.05, 0) is 29.8 Å². The number of anilines is 1. The molecule has 0 atom stereocenters. The van der Waals surface area contributed by atoms with E-state index < -0.39 is 17.8 Å². The number of aryl methyl sites for hydroxylation is 1. The fourth-order valence-corrected chi connectivity index (χ4v) is 1.98. The Hall–Kier alpha value is -1.84. The fourth-order valence-electron chi connectivity index (χ4n) is 1.69. The molecule has 1 amide bonds. The smallest absolute Gasteiger partial charge is 0.321 e. The molecule has 0 fully saturated rings. The van der Waals surface area contributed by atoms with Crippen LogP contribution in [0, 0.1) is 13.8 Å². The van der Waals surface area contributed by atoms with Gasteiger partial charge in [-0.2, -0.15) is 23.4 Å². The minimum Gasteiger partial charge on any atom is -0.321 e. The van der Waals surface area contributed by atoms with Gasteiger partial charge in [0.1, 0.15) is 6.54 Å². The maximum absolute atomic E-state index is 12.7. The van der Waals surface area contributed by atoms with Gasteiger partial charge in [0.05, 0.1) is 27.7 Å². The molecule has 0 aliphatic carbocycles. The van der Waals surface area contributed by atoms with Crippen molar-refractivity contribution < 1.29 is 18.0 Å². The second kappa shape index (κ2) is 5.51. The lowest BCUT2D eigenvalue weighted by molar-refractivity contribution is -0.140. The van der Waals surface area contributed by atoms with E-state index in [9.17, 15) is 18.0 Å². The van der Waals surface area contributed by atoms with Gasteiger partial charge < -0.3 is 5.32 Å². The first kappa shape index (κ1) is 15.5. The number of nitrogens with one attached hydrogen (secondary N) is 2. The Balaban J connectivity index is 2.17. The van der Waals surface area contributed by atoms with Crippen LogP contribution in [0.1, 0.15) is 17.1 Å². The van der Waals surface area contributed by atoms with Gasteiger partial charge in [0.2, 0.25) is 5.91 Å². The molecule has 0 aromatic carbocycles. The third-order valence-corrected chi connectivity index (χ3v) is 3.60. The maximum Gasteiger partial charge on any atom is 0.437 e. The molecule has 0 spiro atoms. The zero-order valence-electron chi connectivity index (χ0n) is 11.0. The van der Waals surface area contributed by atoms with Gasteiger partial charge in [0.15, 0.2) is 5.69 Å². The van der Waals surface area contributed by atoms with Crippen molar-refractivity contribution in [3.05, 3.63) is 27.8 Å². The minimum atomic E-state index is -4.64. The highest BCUT2D eigenvalue weighted by Crippen LogP contribution is 2.34. The number of hydrogen-bond donors (Lipinski definition) is 2. The van der Waals surface area contributed by atoms with Crippen molar-refractivity contribution in [2.75, 3.05) is 5.32 Å². The number of alkyl halides is 3. The van der Waals surface area contributed by atoms with Gasteiger partial charge in [-0.15, -0.1) is 0 Å². The van der Waals surface area contributed by atoms with Gasteiger partial charge in [0, 0.05) is 0 Å². The number of halogens is 4. The molecule has 0 aliphatic heterocycles. The van der Waals surface area contributed by atoms with Crippen molar-refractivity contribution in [3.63, 3.8) is 0 Å². The molecule has 2 aromatic rings. The van der Waals surface area contributed by atoms with E-state index in [1.54, 1.807) is 6.92 Å². The molecule has 114 valence electrons. The quantitative estimate of drug-likeness (QED) is 0.877. The number of carbonyl (C=O) groups excluding carboxylic acids is 1. The van der Waals surface area contributed by atoms with Crippen LogP contribution in [-0.2, 0) is 17.5 Å². The SMILES string of the molecule is Cc1[nH]nc(C(F)(F)F)c1NC(=O)Cn1ncc(Br)c1C. The highest BCUT2D eigenvalue weighted by molar-refractivity contribution is 9.10. The predicted molar refractivity (Wildman–Crippen MR) is 71.6 cm³/mol. The molecule has 0 bridgehead atoms. The van der Waals surface area contributed by atoms with Gasteiger partial charge in [-0.3, -0.25) is 14.6 Å². The van der Waals surface area contributed by atoms with E-state index in [1.807, 2.05) is 0 Å². The van der Waals surface area contributed by atoms with Gasteiger partial charge >= 0.3 is 6.18 Å². The molecule has 0 unspecified atom stereocenters. The average molecular weight is 366 g/mol. The Kier molecular flexibility index (Phi) is 4.08. The minimum absolute atomic E-state index is 0.133. The monoisotopic (exact) mass is 365 g/mol. The molecule has 21 heavy (non-hydrogen) atoms. The lowest BCUT2D eigenvalue weighted by Gasteiger charge is -2.09. The highest BCUT2D eigenvalue weighted by Gasteiger charge is 2.38. The number of nitrogens with zero attached hydrogens (tertiary/aromatic N) is 3. The first-order valence-corrected chi connectivity index (χ1v) is 6.59. The third kappa shape index (κ3) is 3.26. The molecule has 0 aliphatic rings. The number of hydrogen-bond acceptors (Lipinski definition) is 3. The summed E-state index contributed by atoms with van der Waals surface area (Å²) in [4.78, 5) is 11.9. The van der Waals surface area contributed by atoms with Crippen molar-refractivity contribution in [2.24, 2.45) is 0 Å². The molecule has 0 saturated carbocycles. The first-order valence-electron chi connectivity index (χ1n) is 5.80. The van der Waals surface area contributed by atoms with E-state index in [4.69, 9.17) is 0 Å². The largest absolute Gasteiger partial charge is 0.437 e.